The van der Waals surface area contributed by atoms with E-state index in [1.54, 1.807) is 6.92 Å². The average Bonchev–Trinajstić information content (AvgIpc) is 2.88. The Morgan fingerprint density at radius 1 is 1.42 bits per heavy atom. The Bertz CT molecular complexity index is 539. The number of aromatic nitrogens is 1. The lowest BCUT2D eigenvalue weighted by Gasteiger charge is -2.06. The zero-order chi connectivity index (χ0) is 13.7. The monoisotopic (exact) mass is 276 g/mol. The molecule has 4 nitrogen and oxygen atoms in total. The van der Waals surface area contributed by atoms with Gasteiger partial charge in [-0.2, -0.15) is 0 Å². The maximum Gasteiger partial charge on any atom is 0.306 e. The Morgan fingerprint density at radius 2 is 2.16 bits per heavy atom. The second-order valence-corrected chi connectivity index (χ2v) is 5.22. The molecule has 0 amide bonds. The van der Waals surface area contributed by atoms with Gasteiger partial charge < -0.3 is 10.4 Å². The van der Waals surface area contributed by atoms with Gasteiger partial charge in [0, 0.05) is 17.5 Å². The lowest BCUT2D eigenvalue weighted by molar-refractivity contribution is -0.141. The highest BCUT2D eigenvalue weighted by Gasteiger charge is 2.10. The number of rotatable bonds is 6. The Morgan fingerprint density at radius 3 is 2.84 bits per heavy atom. The van der Waals surface area contributed by atoms with Crippen LogP contribution < -0.4 is 5.32 Å². The number of hydrogen-bond donors (Lipinski definition) is 2. The molecule has 0 saturated carbocycles. The van der Waals surface area contributed by atoms with Crippen molar-refractivity contribution in [3.8, 4) is 11.3 Å². The van der Waals surface area contributed by atoms with Gasteiger partial charge in [-0.15, -0.1) is 11.3 Å². The van der Waals surface area contributed by atoms with Gasteiger partial charge in [0.1, 0.15) is 0 Å². The maximum atomic E-state index is 10.7. The van der Waals surface area contributed by atoms with Gasteiger partial charge in [-0.05, 0) is 6.42 Å². The molecule has 0 radical (unpaired) electrons. The van der Waals surface area contributed by atoms with Crippen LogP contribution in [0.3, 0.4) is 0 Å². The maximum absolute atomic E-state index is 10.7. The largest absolute Gasteiger partial charge is 0.481 e. The Hall–Kier alpha value is -1.88. The van der Waals surface area contributed by atoms with Crippen molar-refractivity contribution in [2.45, 2.75) is 13.3 Å². The van der Waals surface area contributed by atoms with Crippen LogP contribution in [0.5, 0.6) is 0 Å². The lowest BCUT2D eigenvalue weighted by atomic mass is 10.1. The van der Waals surface area contributed by atoms with Gasteiger partial charge in [0.2, 0.25) is 0 Å². The summed E-state index contributed by atoms with van der Waals surface area (Å²) in [7, 11) is 0. The standard InChI is InChI=1S/C14H16N2O2S/c1-10(13(17)18)7-8-15-14-16-12(9-19-14)11-5-3-2-4-6-11/h2-6,9-10H,7-8H2,1H3,(H,15,16)(H,17,18). The molecule has 1 aromatic heterocycles. The Balaban J connectivity index is 1.90. The van der Waals surface area contributed by atoms with Crippen LogP contribution in [-0.4, -0.2) is 22.6 Å². The molecule has 2 aromatic rings. The van der Waals surface area contributed by atoms with E-state index in [0.717, 1.165) is 16.4 Å². The van der Waals surface area contributed by atoms with Crippen LogP contribution >= 0.6 is 11.3 Å². The van der Waals surface area contributed by atoms with Gasteiger partial charge in [0.25, 0.3) is 0 Å². The van der Waals surface area contributed by atoms with Crippen molar-refractivity contribution in [3.63, 3.8) is 0 Å². The molecule has 1 aromatic carbocycles. The highest BCUT2D eigenvalue weighted by molar-refractivity contribution is 7.14. The number of aliphatic carboxylic acids is 1. The Labute approximate surface area is 116 Å². The third-order valence-corrected chi connectivity index (χ3v) is 3.65. The van der Waals surface area contributed by atoms with Crippen LogP contribution in [0.15, 0.2) is 35.7 Å². The SMILES string of the molecule is CC(CCNc1nc(-c2ccccc2)cs1)C(=O)O. The fourth-order valence-corrected chi connectivity index (χ4v) is 2.36. The van der Waals surface area contributed by atoms with Crippen LogP contribution in [0.1, 0.15) is 13.3 Å². The molecule has 1 atom stereocenters. The number of carboxylic acids is 1. The first-order chi connectivity index (χ1) is 9.16. The van der Waals surface area contributed by atoms with E-state index in [-0.39, 0.29) is 5.92 Å². The highest BCUT2D eigenvalue weighted by Crippen LogP contribution is 2.24. The summed E-state index contributed by atoms with van der Waals surface area (Å²) in [5.41, 5.74) is 2.03. The van der Waals surface area contributed by atoms with E-state index in [9.17, 15) is 4.79 Å². The minimum atomic E-state index is -0.758. The van der Waals surface area contributed by atoms with E-state index in [0.29, 0.717) is 13.0 Å². The molecule has 0 aliphatic carbocycles. The quantitative estimate of drug-likeness (QED) is 0.849. The summed E-state index contributed by atoms with van der Waals surface area (Å²) in [6, 6.07) is 9.98. The highest BCUT2D eigenvalue weighted by atomic mass is 32.1. The zero-order valence-electron chi connectivity index (χ0n) is 10.7. The lowest BCUT2D eigenvalue weighted by Crippen LogP contribution is -2.14. The van der Waals surface area contributed by atoms with Gasteiger partial charge in [-0.25, -0.2) is 4.98 Å². The second kappa shape index (κ2) is 6.33. The van der Waals surface area contributed by atoms with Crippen LogP contribution in [0.4, 0.5) is 5.13 Å². The van der Waals surface area contributed by atoms with Gasteiger partial charge >= 0.3 is 5.97 Å². The summed E-state index contributed by atoms with van der Waals surface area (Å²) in [5.74, 6) is -1.09. The van der Waals surface area contributed by atoms with Crippen LogP contribution in [0.25, 0.3) is 11.3 Å². The first-order valence-electron chi connectivity index (χ1n) is 6.14. The van der Waals surface area contributed by atoms with Gasteiger partial charge in [0.05, 0.1) is 11.6 Å². The molecule has 0 spiro atoms. The van der Waals surface area contributed by atoms with Crippen molar-refractivity contribution in [3.05, 3.63) is 35.7 Å². The minimum Gasteiger partial charge on any atom is -0.481 e. The average molecular weight is 276 g/mol. The van der Waals surface area contributed by atoms with Crippen molar-refractivity contribution in [2.24, 2.45) is 5.92 Å². The van der Waals surface area contributed by atoms with Crippen LogP contribution in [0.2, 0.25) is 0 Å². The van der Waals surface area contributed by atoms with Crippen molar-refractivity contribution >= 4 is 22.4 Å². The molecule has 0 fully saturated rings. The summed E-state index contributed by atoms with van der Waals surface area (Å²) >= 11 is 1.53. The molecule has 2 N–H and O–H groups in total. The number of carbonyl (C=O) groups is 1. The van der Waals surface area contributed by atoms with E-state index in [2.05, 4.69) is 10.3 Å². The van der Waals surface area contributed by atoms with Crippen molar-refractivity contribution in [1.82, 2.24) is 4.98 Å². The molecule has 0 bridgehead atoms. The molecule has 1 unspecified atom stereocenters. The first kappa shape index (κ1) is 13.5. The summed E-state index contributed by atoms with van der Waals surface area (Å²) in [5, 5.41) is 14.8. The third kappa shape index (κ3) is 3.79. The van der Waals surface area contributed by atoms with E-state index in [1.807, 2.05) is 35.7 Å². The first-order valence-corrected chi connectivity index (χ1v) is 7.02. The van der Waals surface area contributed by atoms with Crippen LogP contribution in [-0.2, 0) is 4.79 Å². The van der Waals surface area contributed by atoms with Crippen molar-refractivity contribution in [1.29, 1.82) is 0 Å². The van der Waals surface area contributed by atoms with Crippen molar-refractivity contribution < 1.29 is 9.90 Å². The number of hydrogen-bond acceptors (Lipinski definition) is 4. The zero-order valence-corrected chi connectivity index (χ0v) is 11.5. The normalized spacial score (nSPS) is 12.1. The molecular formula is C14H16N2O2S. The summed E-state index contributed by atoms with van der Waals surface area (Å²) in [4.78, 5) is 15.2. The third-order valence-electron chi connectivity index (χ3n) is 2.85. The molecule has 1 heterocycles. The topological polar surface area (TPSA) is 62.2 Å². The number of benzene rings is 1. The predicted molar refractivity (Wildman–Crippen MR) is 77.5 cm³/mol. The summed E-state index contributed by atoms with van der Waals surface area (Å²) < 4.78 is 0. The fourth-order valence-electron chi connectivity index (χ4n) is 1.62. The molecule has 5 heteroatoms. The van der Waals surface area contributed by atoms with Gasteiger partial charge in [-0.3, -0.25) is 4.79 Å². The molecule has 100 valence electrons. The van der Waals surface area contributed by atoms with E-state index >= 15 is 0 Å². The molecule has 19 heavy (non-hydrogen) atoms. The minimum absolute atomic E-state index is 0.332. The molecule has 0 aliphatic heterocycles. The number of thiazole rings is 1. The number of nitrogens with one attached hydrogen (secondary N) is 1. The number of carboxylic acid groups (broad SMARTS) is 1. The summed E-state index contributed by atoms with van der Waals surface area (Å²) in [6.07, 6.45) is 0.593. The van der Waals surface area contributed by atoms with Gasteiger partial charge in [-0.1, -0.05) is 37.3 Å². The molecule has 0 aliphatic rings. The van der Waals surface area contributed by atoms with E-state index in [4.69, 9.17) is 5.11 Å². The number of nitrogens with zero attached hydrogens (tertiary/aromatic N) is 1. The van der Waals surface area contributed by atoms with Gasteiger partial charge in [0.15, 0.2) is 5.13 Å². The van der Waals surface area contributed by atoms with E-state index in [1.165, 1.54) is 11.3 Å². The summed E-state index contributed by atoms with van der Waals surface area (Å²) in [6.45, 7) is 2.33. The molecule has 2 rings (SSSR count). The fraction of sp³-hybridized carbons (Fsp3) is 0.286. The predicted octanol–water partition coefficient (Wildman–Crippen LogP) is 3.33. The smallest absolute Gasteiger partial charge is 0.306 e. The number of anilines is 1. The van der Waals surface area contributed by atoms with Crippen molar-refractivity contribution in [2.75, 3.05) is 11.9 Å². The van der Waals surface area contributed by atoms with E-state index < -0.39 is 5.97 Å². The molecular weight excluding hydrogens is 260 g/mol. The second-order valence-electron chi connectivity index (χ2n) is 4.36. The van der Waals surface area contributed by atoms with Crippen LogP contribution in [0, 0.1) is 5.92 Å². The Kier molecular flexibility index (Phi) is 4.52. The molecule has 0 saturated heterocycles.